The molecule has 0 aliphatic carbocycles. The Labute approximate surface area is 145 Å². The first-order valence-corrected chi connectivity index (χ1v) is 7.47. The van der Waals surface area contributed by atoms with Crippen LogP contribution in [0.1, 0.15) is 15.9 Å². The molecule has 0 radical (unpaired) electrons. The van der Waals surface area contributed by atoms with Gasteiger partial charge in [-0.15, -0.1) is 0 Å². The summed E-state index contributed by atoms with van der Waals surface area (Å²) in [4.78, 5) is 27.4. The number of halogens is 3. The zero-order valence-corrected chi connectivity index (χ0v) is 13.5. The maximum atomic E-state index is 12.8. The number of rotatable bonds is 3. The maximum Gasteiger partial charge on any atom is 0.416 e. The highest BCUT2D eigenvalue weighted by Gasteiger charge is 2.30. The Morgan fingerprint density at radius 2 is 1.92 bits per heavy atom. The number of carbonyl (C=O) groups is 1. The number of nitrogens with one attached hydrogen (secondary N) is 2. The summed E-state index contributed by atoms with van der Waals surface area (Å²) in [5, 5.41) is 2.55. The molecule has 0 fully saturated rings. The van der Waals surface area contributed by atoms with Gasteiger partial charge in [0.05, 0.1) is 12.7 Å². The summed E-state index contributed by atoms with van der Waals surface area (Å²) in [7, 11) is 1.48. The van der Waals surface area contributed by atoms with Crippen molar-refractivity contribution in [2.24, 2.45) is 0 Å². The molecule has 0 bridgehead atoms. The van der Waals surface area contributed by atoms with E-state index in [2.05, 4.69) is 10.3 Å². The van der Waals surface area contributed by atoms with Crippen LogP contribution in [0.25, 0.3) is 10.9 Å². The number of hydrogen-bond donors (Lipinski definition) is 2. The van der Waals surface area contributed by atoms with E-state index in [9.17, 15) is 22.8 Å². The summed E-state index contributed by atoms with van der Waals surface area (Å²) >= 11 is 0. The van der Waals surface area contributed by atoms with Crippen LogP contribution < -0.4 is 15.5 Å². The number of fused-ring (bicyclic) bond motifs is 1. The van der Waals surface area contributed by atoms with Crippen molar-refractivity contribution in [2.75, 3.05) is 12.4 Å². The molecule has 134 valence electrons. The van der Waals surface area contributed by atoms with Crippen LogP contribution >= 0.6 is 0 Å². The lowest BCUT2D eigenvalue weighted by atomic mass is 10.1. The Morgan fingerprint density at radius 1 is 1.15 bits per heavy atom. The molecule has 1 aromatic heterocycles. The number of benzene rings is 2. The number of aromatic nitrogens is 1. The summed E-state index contributed by atoms with van der Waals surface area (Å²) in [6.07, 6.45) is -3.42. The molecule has 5 nitrogen and oxygen atoms in total. The number of pyridine rings is 1. The predicted octanol–water partition coefficient (Wildman–Crippen LogP) is 3.81. The lowest BCUT2D eigenvalue weighted by molar-refractivity contribution is -0.137. The van der Waals surface area contributed by atoms with E-state index in [-0.39, 0.29) is 16.5 Å². The molecule has 0 aliphatic rings. The Bertz CT molecular complexity index is 1040. The van der Waals surface area contributed by atoms with E-state index < -0.39 is 23.1 Å². The summed E-state index contributed by atoms with van der Waals surface area (Å²) in [5.41, 5.74) is -1.33. The fourth-order valence-corrected chi connectivity index (χ4v) is 2.47. The first-order chi connectivity index (χ1) is 12.3. The summed E-state index contributed by atoms with van der Waals surface area (Å²) in [6.45, 7) is 0. The number of H-pyrrole nitrogens is 1. The Balaban J connectivity index is 1.96. The Morgan fingerprint density at radius 3 is 2.62 bits per heavy atom. The molecule has 2 aromatic carbocycles. The van der Waals surface area contributed by atoms with Gasteiger partial charge in [-0.25, -0.2) is 0 Å². The first-order valence-electron chi connectivity index (χ1n) is 7.47. The maximum absolute atomic E-state index is 12.8. The monoisotopic (exact) mass is 362 g/mol. The van der Waals surface area contributed by atoms with Gasteiger partial charge >= 0.3 is 6.18 Å². The zero-order chi connectivity index (χ0) is 18.9. The predicted molar refractivity (Wildman–Crippen MR) is 90.5 cm³/mol. The minimum atomic E-state index is -4.52. The molecular formula is C18H13F3N2O3. The molecule has 3 aromatic rings. The third-order valence-electron chi connectivity index (χ3n) is 3.78. The van der Waals surface area contributed by atoms with Crippen molar-refractivity contribution < 1.29 is 22.7 Å². The normalized spacial score (nSPS) is 11.4. The van der Waals surface area contributed by atoms with E-state index in [4.69, 9.17) is 4.74 Å². The zero-order valence-electron chi connectivity index (χ0n) is 13.5. The van der Waals surface area contributed by atoms with Crippen LogP contribution in [0.2, 0.25) is 0 Å². The second-order valence-corrected chi connectivity index (χ2v) is 5.48. The van der Waals surface area contributed by atoms with Crippen LogP contribution in [-0.2, 0) is 6.18 Å². The fraction of sp³-hybridized carbons (Fsp3) is 0.111. The molecule has 3 rings (SSSR count). The molecule has 0 saturated heterocycles. The SMILES string of the molecule is COc1cccc(NC(=O)c2c[nH]c3cc(C(F)(F)F)ccc3c2=O)c1. The van der Waals surface area contributed by atoms with Gasteiger partial charge in [-0.05, 0) is 30.3 Å². The summed E-state index contributed by atoms with van der Waals surface area (Å²) < 4.78 is 43.3. The van der Waals surface area contributed by atoms with Gasteiger partial charge in [0.2, 0.25) is 5.43 Å². The Hall–Kier alpha value is -3.29. The fourth-order valence-electron chi connectivity index (χ4n) is 2.47. The van der Waals surface area contributed by atoms with E-state index in [1.54, 1.807) is 24.3 Å². The molecular weight excluding hydrogens is 349 g/mol. The average molecular weight is 362 g/mol. The van der Waals surface area contributed by atoms with Crippen molar-refractivity contribution in [1.82, 2.24) is 4.98 Å². The number of anilines is 1. The smallest absolute Gasteiger partial charge is 0.416 e. The number of aromatic amines is 1. The van der Waals surface area contributed by atoms with Crippen molar-refractivity contribution in [3.05, 3.63) is 70.0 Å². The van der Waals surface area contributed by atoms with Crippen molar-refractivity contribution >= 4 is 22.5 Å². The van der Waals surface area contributed by atoms with Gasteiger partial charge in [-0.2, -0.15) is 13.2 Å². The minimum Gasteiger partial charge on any atom is -0.497 e. The second kappa shape index (κ2) is 6.55. The van der Waals surface area contributed by atoms with Gasteiger partial charge in [0.1, 0.15) is 11.3 Å². The lowest BCUT2D eigenvalue weighted by Crippen LogP contribution is -2.22. The van der Waals surface area contributed by atoms with Gasteiger partial charge in [-0.1, -0.05) is 6.07 Å². The van der Waals surface area contributed by atoms with E-state index in [1.165, 1.54) is 7.11 Å². The van der Waals surface area contributed by atoms with Crippen molar-refractivity contribution in [1.29, 1.82) is 0 Å². The summed E-state index contributed by atoms with van der Waals surface area (Å²) in [6, 6.07) is 9.24. The molecule has 0 spiro atoms. The molecule has 0 atom stereocenters. The first kappa shape index (κ1) is 17.5. The molecule has 1 amide bonds. The highest BCUT2D eigenvalue weighted by Crippen LogP contribution is 2.30. The molecule has 0 aliphatic heterocycles. The second-order valence-electron chi connectivity index (χ2n) is 5.48. The number of ether oxygens (including phenoxy) is 1. The minimum absolute atomic E-state index is 0.00255. The highest BCUT2D eigenvalue weighted by atomic mass is 19.4. The number of carbonyl (C=O) groups excluding carboxylic acids is 1. The van der Waals surface area contributed by atoms with E-state index in [1.807, 2.05) is 0 Å². The summed E-state index contributed by atoms with van der Waals surface area (Å²) in [5.74, 6) is -0.156. The van der Waals surface area contributed by atoms with Gasteiger partial charge < -0.3 is 15.0 Å². The van der Waals surface area contributed by atoms with E-state index >= 15 is 0 Å². The van der Waals surface area contributed by atoms with E-state index in [0.717, 1.165) is 24.4 Å². The van der Waals surface area contributed by atoms with Crippen LogP contribution in [0.3, 0.4) is 0 Å². The number of hydrogen-bond acceptors (Lipinski definition) is 3. The van der Waals surface area contributed by atoms with Crippen LogP contribution in [0.4, 0.5) is 18.9 Å². The van der Waals surface area contributed by atoms with Gasteiger partial charge in [0.15, 0.2) is 0 Å². The standard InChI is InChI=1S/C18H13F3N2O3/c1-26-12-4-2-3-11(8-12)23-17(25)14-9-22-15-7-10(18(19,20)21)5-6-13(15)16(14)24/h2-9H,1H3,(H,22,24)(H,23,25). The van der Waals surface area contributed by atoms with Crippen molar-refractivity contribution in [3.63, 3.8) is 0 Å². The van der Waals surface area contributed by atoms with E-state index in [0.29, 0.717) is 11.4 Å². The number of alkyl halides is 3. The van der Waals surface area contributed by atoms with Crippen molar-refractivity contribution in [3.8, 4) is 5.75 Å². The lowest BCUT2D eigenvalue weighted by Gasteiger charge is -2.09. The molecule has 1 heterocycles. The van der Waals surface area contributed by atoms with Crippen LogP contribution in [0.15, 0.2) is 53.5 Å². The highest BCUT2D eigenvalue weighted by molar-refractivity contribution is 6.05. The Kier molecular flexibility index (Phi) is 4.41. The number of methoxy groups -OCH3 is 1. The molecule has 8 heteroatoms. The quantitative estimate of drug-likeness (QED) is 0.744. The van der Waals surface area contributed by atoms with Crippen LogP contribution in [-0.4, -0.2) is 18.0 Å². The van der Waals surface area contributed by atoms with Gasteiger partial charge in [-0.3, -0.25) is 9.59 Å². The molecule has 0 saturated carbocycles. The molecule has 2 N–H and O–H groups in total. The van der Waals surface area contributed by atoms with Crippen LogP contribution in [0, 0.1) is 0 Å². The number of amides is 1. The third-order valence-corrected chi connectivity index (χ3v) is 3.78. The van der Waals surface area contributed by atoms with Gasteiger partial charge in [0, 0.05) is 28.9 Å². The molecule has 0 unspecified atom stereocenters. The van der Waals surface area contributed by atoms with Crippen LogP contribution in [0.5, 0.6) is 5.75 Å². The van der Waals surface area contributed by atoms with Crippen molar-refractivity contribution in [2.45, 2.75) is 6.18 Å². The third kappa shape index (κ3) is 3.39. The van der Waals surface area contributed by atoms with Gasteiger partial charge in [0.25, 0.3) is 5.91 Å². The largest absolute Gasteiger partial charge is 0.497 e. The topological polar surface area (TPSA) is 71.2 Å². The molecule has 26 heavy (non-hydrogen) atoms. The average Bonchev–Trinajstić information content (AvgIpc) is 2.61.